The number of thioether (sulfide) groups is 1. The van der Waals surface area contributed by atoms with E-state index in [1.807, 2.05) is 19.9 Å². The Morgan fingerprint density at radius 3 is 2.60 bits per heavy atom. The van der Waals surface area contributed by atoms with Crippen LogP contribution in [0.1, 0.15) is 22.8 Å². The Morgan fingerprint density at radius 2 is 1.90 bits per heavy atom. The maximum atomic E-state index is 12.3. The molecule has 0 radical (unpaired) electrons. The SMILES string of the molecule is CCOc1ccc(C(=O)Nc2nnc(SCC(=O)Nc3ccc(C)c(Cl)c3)s2)cc1. The number of benzene rings is 2. The van der Waals surface area contributed by atoms with Gasteiger partial charge in [-0.05, 0) is 55.8 Å². The molecule has 0 atom stereocenters. The minimum Gasteiger partial charge on any atom is -0.494 e. The highest BCUT2D eigenvalue weighted by Crippen LogP contribution is 2.26. The standard InChI is InChI=1S/C20H19ClN4O3S2/c1-3-28-15-8-5-13(6-9-15)18(27)23-19-24-25-20(30-19)29-11-17(26)22-14-7-4-12(2)16(21)10-14/h4-10H,3,11H2,1-2H3,(H,22,26)(H,23,24,27). The Hall–Kier alpha value is -2.62. The molecule has 2 N–H and O–H groups in total. The van der Waals surface area contributed by atoms with Crippen molar-refractivity contribution < 1.29 is 14.3 Å². The van der Waals surface area contributed by atoms with Crippen LogP contribution in [-0.4, -0.2) is 34.4 Å². The van der Waals surface area contributed by atoms with Crippen molar-refractivity contribution in [3.8, 4) is 5.75 Å². The molecule has 30 heavy (non-hydrogen) atoms. The van der Waals surface area contributed by atoms with E-state index < -0.39 is 0 Å². The first-order valence-corrected chi connectivity index (χ1v) is 11.2. The Morgan fingerprint density at radius 1 is 1.13 bits per heavy atom. The van der Waals surface area contributed by atoms with E-state index in [0.29, 0.717) is 38.1 Å². The molecule has 0 aliphatic carbocycles. The molecule has 156 valence electrons. The second-order valence-corrected chi connectivity index (χ2v) is 8.69. The average molecular weight is 463 g/mol. The Kier molecular flexibility index (Phi) is 7.67. The molecule has 0 saturated carbocycles. The molecule has 2 amide bonds. The van der Waals surface area contributed by atoms with Crippen molar-refractivity contribution in [3.05, 3.63) is 58.6 Å². The fourth-order valence-corrected chi connectivity index (χ4v) is 4.08. The summed E-state index contributed by atoms with van der Waals surface area (Å²) in [6.45, 7) is 4.35. The summed E-state index contributed by atoms with van der Waals surface area (Å²) < 4.78 is 5.94. The largest absolute Gasteiger partial charge is 0.494 e. The predicted molar refractivity (Wildman–Crippen MR) is 121 cm³/mol. The van der Waals surface area contributed by atoms with Gasteiger partial charge in [-0.1, -0.05) is 40.8 Å². The summed E-state index contributed by atoms with van der Waals surface area (Å²) in [5.41, 5.74) is 2.06. The molecule has 1 aromatic heterocycles. The maximum absolute atomic E-state index is 12.3. The number of amides is 2. The summed E-state index contributed by atoms with van der Waals surface area (Å²) in [6.07, 6.45) is 0. The first kappa shape index (κ1) is 22.1. The minimum atomic E-state index is -0.292. The molecule has 7 nitrogen and oxygen atoms in total. The lowest BCUT2D eigenvalue weighted by Crippen LogP contribution is -2.13. The molecule has 0 saturated heterocycles. The van der Waals surface area contributed by atoms with Crippen molar-refractivity contribution in [1.82, 2.24) is 10.2 Å². The van der Waals surface area contributed by atoms with Gasteiger partial charge in [-0.25, -0.2) is 0 Å². The predicted octanol–water partition coefficient (Wildman–Crippen LogP) is 4.88. The summed E-state index contributed by atoms with van der Waals surface area (Å²) in [5, 5.41) is 14.4. The van der Waals surface area contributed by atoms with Crippen molar-refractivity contribution in [2.45, 2.75) is 18.2 Å². The van der Waals surface area contributed by atoms with Crippen molar-refractivity contribution in [2.75, 3.05) is 23.0 Å². The van der Waals surface area contributed by atoms with E-state index in [9.17, 15) is 9.59 Å². The number of carbonyl (C=O) groups excluding carboxylic acids is 2. The highest BCUT2D eigenvalue weighted by molar-refractivity contribution is 8.01. The van der Waals surface area contributed by atoms with E-state index in [1.165, 1.54) is 23.1 Å². The summed E-state index contributed by atoms with van der Waals surface area (Å²) in [6, 6.07) is 12.2. The molecular weight excluding hydrogens is 444 g/mol. The van der Waals surface area contributed by atoms with E-state index in [2.05, 4.69) is 20.8 Å². The van der Waals surface area contributed by atoms with Gasteiger partial charge in [0.2, 0.25) is 11.0 Å². The first-order valence-electron chi connectivity index (χ1n) is 9.01. The quantitative estimate of drug-likeness (QED) is 0.366. The van der Waals surface area contributed by atoms with E-state index >= 15 is 0 Å². The summed E-state index contributed by atoms with van der Waals surface area (Å²) >= 11 is 8.51. The summed E-state index contributed by atoms with van der Waals surface area (Å²) in [7, 11) is 0. The number of anilines is 2. The van der Waals surface area contributed by atoms with Crippen molar-refractivity contribution in [2.24, 2.45) is 0 Å². The maximum Gasteiger partial charge on any atom is 0.257 e. The number of aromatic nitrogens is 2. The molecule has 3 rings (SSSR count). The van der Waals surface area contributed by atoms with Crippen LogP contribution in [0.15, 0.2) is 46.8 Å². The number of aryl methyl sites for hydroxylation is 1. The van der Waals surface area contributed by atoms with E-state index in [4.69, 9.17) is 16.3 Å². The summed E-state index contributed by atoms with van der Waals surface area (Å²) in [5.74, 6) is 0.386. The molecule has 2 aromatic carbocycles. The van der Waals surface area contributed by atoms with E-state index in [1.54, 1.807) is 36.4 Å². The van der Waals surface area contributed by atoms with Gasteiger partial charge in [0.1, 0.15) is 5.75 Å². The van der Waals surface area contributed by atoms with Gasteiger partial charge in [0.25, 0.3) is 5.91 Å². The minimum absolute atomic E-state index is 0.160. The average Bonchev–Trinajstić information content (AvgIpc) is 3.17. The molecule has 0 fully saturated rings. The topological polar surface area (TPSA) is 93.2 Å². The van der Waals surface area contributed by atoms with Crippen LogP contribution in [0.5, 0.6) is 5.75 Å². The van der Waals surface area contributed by atoms with E-state index in [-0.39, 0.29) is 17.6 Å². The number of hydrogen-bond acceptors (Lipinski definition) is 7. The zero-order valence-electron chi connectivity index (χ0n) is 16.3. The van der Waals surface area contributed by atoms with Gasteiger partial charge in [-0.15, -0.1) is 10.2 Å². The number of halogens is 1. The highest BCUT2D eigenvalue weighted by atomic mass is 35.5. The fraction of sp³-hybridized carbons (Fsp3) is 0.200. The molecule has 3 aromatic rings. The van der Waals surface area contributed by atoms with Gasteiger partial charge >= 0.3 is 0 Å². The van der Waals surface area contributed by atoms with Crippen LogP contribution < -0.4 is 15.4 Å². The summed E-state index contributed by atoms with van der Waals surface area (Å²) in [4.78, 5) is 24.4. The number of ether oxygens (including phenoxy) is 1. The molecule has 0 aliphatic heterocycles. The number of nitrogens with zero attached hydrogens (tertiary/aromatic N) is 2. The van der Waals surface area contributed by atoms with Gasteiger partial charge in [-0.3, -0.25) is 14.9 Å². The number of carbonyl (C=O) groups is 2. The van der Waals surface area contributed by atoms with Gasteiger partial charge in [0, 0.05) is 16.3 Å². The van der Waals surface area contributed by atoms with Crippen LogP contribution in [0.3, 0.4) is 0 Å². The monoisotopic (exact) mass is 462 g/mol. The Bertz CT molecular complexity index is 1040. The van der Waals surface area contributed by atoms with Crippen LogP contribution in [0, 0.1) is 6.92 Å². The molecule has 0 aliphatic rings. The van der Waals surface area contributed by atoms with Crippen molar-refractivity contribution >= 4 is 57.3 Å². The van der Waals surface area contributed by atoms with Crippen molar-refractivity contribution in [1.29, 1.82) is 0 Å². The molecule has 0 unspecified atom stereocenters. The Balaban J connectivity index is 1.50. The second-order valence-electron chi connectivity index (χ2n) is 6.09. The zero-order valence-corrected chi connectivity index (χ0v) is 18.7. The zero-order chi connectivity index (χ0) is 21.5. The Labute approximate surface area is 187 Å². The van der Waals surface area contributed by atoms with Crippen LogP contribution in [0.2, 0.25) is 5.02 Å². The van der Waals surface area contributed by atoms with Crippen LogP contribution >= 0.6 is 34.7 Å². The first-order chi connectivity index (χ1) is 14.4. The molecule has 0 spiro atoms. The highest BCUT2D eigenvalue weighted by Gasteiger charge is 2.12. The molecule has 1 heterocycles. The molecular formula is C20H19ClN4O3S2. The van der Waals surface area contributed by atoms with Gasteiger partial charge in [-0.2, -0.15) is 0 Å². The fourth-order valence-electron chi connectivity index (χ4n) is 2.35. The second kappa shape index (κ2) is 10.4. The number of nitrogens with one attached hydrogen (secondary N) is 2. The van der Waals surface area contributed by atoms with E-state index in [0.717, 1.165) is 5.56 Å². The molecule has 0 bridgehead atoms. The number of rotatable bonds is 8. The van der Waals surface area contributed by atoms with Gasteiger partial charge in [0.15, 0.2) is 4.34 Å². The number of hydrogen-bond donors (Lipinski definition) is 2. The van der Waals surface area contributed by atoms with Crippen LogP contribution in [0.4, 0.5) is 10.8 Å². The third-order valence-electron chi connectivity index (χ3n) is 3.84. The van der Waals surface area contributed by atoms with Crippen LogP contribution in [0.25, 0.3) is 0 Å². The third kappa shape index (κ3) is 6.19. The smallest absolute Gasteiger partial charge is 0.257 e. The van der Waals surface area contributed by atoms with Gasteiger partial charge < -0.3 is 10.1 Å². The normalized spacial score (nSPS) is 10.5. The van der Waals surface area contributed by atoms with Crippen LogP contribution in [-0.2, 0) is 4.79 Å². The lowest BCUT2D eigenvalue weighted by molar-refractivity contribution is -0.113. The van der Waals surface area contributed by atoms with Gasteiger partial charge in [0.05, 0.1) is 12.4 Å². The third-order valence-corrected chi connectivity index (χ3v) is 6.22. The lowest BCUT2D eigenvalue weighted by Gasteiger charge is -2.06. The lowest BCUT2D eigenvalue weighted by atomic mass is 10.2. The molecule has 10 heteroatoms. The van der Waals surface area contributed by atoms with Crippen molar-refractivity contribution in [3.63, 3.8) is 0 Å².